The first-order valence-corrected chi connectivity index (χ1v) is 8.28. The van der Waals surface area contributed by atoms with Gasteiger partial charge in [-0.25, -0.2) is 4.39 Å². The quantitative estimate of drug-likeness (QED) is 0.542. The Labute approximate surface area is 133 Å². The molecule has 2 heterocycles. The highest BCUT2D eigenvalue weighted by atomic mass is 32.2. The number of anilines is 1. The second-order valence-corrected chi connectivity index (χ2v) is 7.30. The van der Waals surface area contributed by atoms with Gasteiger partial charge in [0, 0.05) is 15.6 Å². The van der Waals surface area contributed by atoms with Crippen LogP contribution in [0, 0.1) is 5.82 Å². The fraction of sp³-hybridized carbons (Fsp3) is 0. The number of hydrogen-bond donors (Lipinski definition) is 1. The standard InChI is InChI=1S/C17H10FNOS2/c18-10-7-5-9(6-8-10)13-14-15(20)11-3-1-2-4-12(11)21-17(14)22-16(13)19/h1-8H,19H2. The molecule has 0 amide bonds. The van der Waals surface area contributed by atoms with Gasteiger partial charge >= 0.3 is 0 Å². The molecule has 22 heavy (non-hydrogen) atoms. The van der Waals surface area contributed by atoms with E-state index < -0.39 is 0 Å². The summed E-state index contributed by atoms with van der Waals surface area (Å²) in [5.74, 6) is -0.308. The summed E-state index contributed by atoms with van der Waals surface area (Å²) in [7, 11) is 0. The fourth-order valence-corrected chi connectivity index (χ4v) is 5.02. The monoisotopic (exact) mass is 327 g/mol. The van der Waals surface area contributed by atoms with E-state index in [2.05, 4.69) is 0 Å². The van der Waals surface area contributed by atoms with E-state index in [0.29, 0.717) is 21.3 Å². The van der Waals surface area contributed by atoms with Crippen molar-refractivity contribution in [2.24, 2.45) is 0 Å². The molecule has 108 valence electrons. The molecule has 0 aliphatic heterocycles. The van der Waals surface area contributed by atoms with Crippen LogP contribution in [-0.2, 0) is 0 Å². The fourth-order valence-electron chi connectivity index (χ4n) is 2.59. The van der Waals surface area contributed by atoms with Crippen LogP contribution in [0.25, 0.3) is 30.6 Å². The van der Waals surface area contributed by atoms with E-state index in [-0.39, 0.29) is 11.2 Å². The number of benzene rings is 2. The first kappa shape index (κ1) is 13.4. The number of fused-ring (bicyclic) bond motifs is 2. The van der Waals surface area contributed by atoms with Crippen molar-refractivity contribution in [3.63, 3.8) is 0 Å². The Kier molecular flexibility index (Phi) is 2.99. The molecule has 4 aromatic rings. The predicted octanol–water partition coefficient (Wildman–Crippen LogP) is 4.86. The largest absolute Gasteiger partial charge is 0.390 e. The average Bonchev–Trinajstić information content (AvgIpc) is 2.85. The van der Waals surface area contributed by atoms with E-state index >= 15 is 0 Å². The van der Waals surface area contributed by atoms with Gasteiger partial charge in [0.05, 0.1) is 14.4 Å². The maximum Gasteiger partial charge on any atom is 0.197 e. The van der Waals surface area contributed by atoms with Gasteiger partial charge in [0.25, 0.3) is 0 Å². The van der Waals surface area contributed by atoms with Gasteiger partial charge in [0.2, 0.25) is 0 Å². The molecule has 2 nitrogen and oxygen atoms in total. The number of halogens is 1. The normalized spacial score (nSPS) is 11.3. The summed E-state index contributed by atoms with van der Waals surface area (Å²) in [4.78, 5) is 12.8. The zero-order chi connectivity index (χ0) is 15.3. The summed E-state index contributed by atoms with van der Waals surface area (Å²) in [6.45, 7) is 0. The molecular weight excluding hydrogens is 317 g/mol. The molecule has 0 bridgehead atoms. The second kappa shape index (κ2) is 4.90. The van der Waals surface area contributed by atoms with Crippen LogP contribution in [0.2, 0.25) is 0 Å². The highest BCUT2D eigenvalue weighted by Gasteiger charge is 2.17. The highest BCUT2D eigenvalue weighted by molar-refractivity contribution is 7.42. The molecule has 0 spiro atoms. The smallest absolute Gasteiger partial charge is 0.197 e. The summed E-state index contributed by atoms with van der Waals surface area (Å²) in [5.41, 5.74) is 7.61. The molecule has 0 aliphatic rings. The number of nitrogen functional groups attached to an aromatic ring is 1. The topological polar surface area (TPSA) is 43.1 Å². The first-order valence-electron chi connectivity index (χ1n) is 6.65. The Balaban J connectivity index is 2.15. The average molecular weight is 327 g/mol. The van der Waals surface area contributed by atoms with Crippen molar-refractivity contribution in [3.05, 3.63) is 64.6 Å². The van der Waals surface area contributed by atoms with Crippen molar-refractivity contribution < 1.29 is 4.39 Å². The van der Waals surface area contributed by atoms with E-state index in [4.69, 9.17) is 5.73 Å². The molecule has 4 rings (SSSR count). The number of thiophene rings is 1. The van der Waals surface area contributed by atoms with Crippen LogP contribution in [0.15, 0.2) is 53.3 Å². The van der Waals surface area contributed by atoms with Crippen molar-refractivity contribution in [1.82, 2.24) is 0 Å². The van der Waals surface area contributed by atoms with Gasteiger partial charge in [-0.3, -0.25) is 4.79 Å². The van der Waals surface area contributed by atoms with Crippen molar-refractivity contribution in [3.8, 4) is 11.1 Å². The molecule has 0 saturated heterocycles. The van der Waals surface area contributed by atoms with Gasteiger partial charge in [-0.1, -0.05) is 24.3 Å². The lowest BCUT2D eigenvalue weighted by Crippen LogP contribution is -2.01. The maximum absolute atomic E-state index is 13.1. The van der Waals surface area contributed by atoms with E-state index in [0.717, 1.165) is 14.3 Å². The molecule has 0 atom stereocenters. The van der Waals surface area contributed by atoms with Crippen LogP contribution in [0.4, 0.5) is 9.39 Å². The minimum atomic E-state index is -0.308. The summed E-state index contributed by atoms with van der Waals surface area (Å²) >= 11 is 2.97. The third kappa shape index (κ3) is 1.94. The minimum Gasteiger partial charge on any atom is -0.390 e. The Bertz CT molecular complexity index is 1060. The van der Waals surface area contributed by atoms with E-state index in [1.54, 1.807) is 23.5 Å². The van der Waals surface area contributed by atoms with Gasteiger partial charge in [-0.2, -0.15) is 0 Å². The zero-order valence-electron chi connectivity index (χ0n) is 11.3. The SMILES string of the molecule is Nc1sc2sc3ccccc3c(=O)c2c1-c1ccc(F)cc1. The summed E-state index contributed by atoms with van der Waals surface area (Å²) in [5, 5.41) is 1.92. The Morgan fingerprint density at radius 1 is 0.955 bits per heavy atom. The number of hydrogen-bond acceptors (Lipinski definition) is 4. The van der Waals surface area contributed by atoms with E-state index in [9.17, 15) is 9.18 Å². The predicted molar refractivity (Wildman–Crippen MR) is 93.3 cm³/mol. The van der Waals surface area contributed by atoms with E-state index in [1.807, 2.05) is 24.3 Å². The van der Waals surface area contributed by atoms with Crippen LogP contribution >= 0.6 is 22.7 Å². The third-order valence-corrected chi connectivity index (χ3v) is 5.88. The molecule has 5 heteroatoms. The van der Waals surface area contributed by atoms with Crippen molar-refractivity contribution in [2.75, 3.05) is 5.73 Å². The van der Waals surface area contributed by atoms with Gasteiger partial charge in [-0.15, -0.1) is 22.7 Å². The Morgan fingerprint density at radius 3 is 2.45 bits per heavy atom. The molecule has 2 N–H and O–H groups in total. The molecule has 2 aromatic heterocycles. The Hall–Kier alpha value is -2.24. The van der Waals surface area contributed by atoms with Gasteiger partial charge in [-0.05, 0) is 29.8 Å². The molecule has 0 radical (unpaired) electrons. The van der Waals surface area contributed by atoms with Crippen molar-refractivity contribution in [1.29, 1.82) is 0 Å². The zero-order valence-corrected chi connectivity index (χ0v) is 12.9. The number of rotatable bonds is 1. The van der Waals surface area contributed by atoms with Crippen molar-refractivity contribution in [2.45, 2.75) is 0 Å². The van der Waals surface area contributed by atoms with Gasteiger partial charge in [0.15, 0.2) is 5.43 Å². The van der Waals surface area contributed by atoms with Crippen LogP contribution in [0.5, 0.6) is 0 Å². The van der Waals surface area contributed by atoms with E-state index in [1.165, 1.54) is 23.5 Å². The summed E-state index contributed by atoms with van der Waals surface area (Å²) in [6.07, 6.45) is 0. The molecular formula is C17H10FNOS2. The minimum absolute atomic E-state index is 0.0170. The second-order valence-electron chi connectivity index (χ2n) is 4.94. The molecule has 0 fully saturated rings. The van der Waals surface area contributed by atoms with Gasteiger partial charge in [0.1, 0.15) is 5.82 Å². The van der Waals surface area contributed by atoms with Crippen LogP contribution in [-0.4, -0.2) is 0 Å². The summed E-state index contributed by atoms with van der Waals surface area (Å²) < 4.78 is 15.0. The van der Waals surface area contributed by atoms with Crippen LogP contribution in [0.1, 0.15) is 0 Å². The van der Waals surface area contributed by atoms with Crippen LogP contribution in [0.3, 0.4) is 0 Å². The Morgan fingerprint density at radius 2 is 1.68 bits per heavy atom. The molecule has 2 aromatic carbocycles. The lowest BCUT2D eigenvalue weighted by molar-refractivity contribution is 0.628. The third-order valence-electron chi connectivity index (χ3n) is 3.60. The summed E-state index contributed by atoms with van der Waals surface area (Å²) in [6, 6.07) is 13.6. The maximum atomic E-state index is 13.1. The first-order chi connectivity index (χ1) is 10.6. The molecule has 0 unspecified atom stereocenters. The van der Waals surface area contributed by atoms with Gasteiger partial charge < -0.3 is 5.73 Å². The molecule has 0 aliphatic carbocycles. The lowest BCUT2D eigenvalue weighted by Gasteiger charge is -2.02. The number of nitrogens with two attached hydrogens (primary N) is 1. The highest BCUT2D eigenvalue weighted by Crippen LogP contribution is 2.42. The van der Waals surface area contributed by atoms with Crippen molar-refractivity contribution >= 4 is 47.2 Å². The lowest BCUT2D eigenvalue weighted by atomic mass is 10.0. The van der Waals surface area contributed by atoms with Crippen LogP contribution < -0.4 is 11.2 Å². The molecule has 0 saturated carbocycles.